The van der Waals surface area contributed by atoms with Gasteiger partial charge >= 0.3 is 0 Å². The average Bonchev–Trinajstić information content (AvgIpc) is 2.77. The first-order chi connectivity index (χ1) is 14.2. The molecule has 0 fully saturated rings. The minimum Gasteiger partial charge on any atom is -0.497 e. The molecule has 0 atom stereocenters. The van der Waals surface area contributed by atoms with Crippen molar-refractivity contribution in [2.75, 3.05) is 19.0 Å². The van der Waals surface area contributed by atoms with Gasteiger partial charge in [-0.2, -0.15) is 5.10 Å². The second-order valence-corrected chi connectivity index (χ2v) is 6.61. The van der Waals surface area contributed by atoms with Crippen LogP contribution >= 0.6 is 0 Å². The Morgan fingerprint density at radius 3 is 2.17 bits per heavy atom. The number of hydrazone groups is 1. The SMILES string of the molecule is COc1ccc(NCC(=O)N/N=C\c2c3ccccc3cc3ccccc23)cc1. The van der Waals surface area contributed by atoms with Crippen LogP contribution in [0.15, 0.2) is 84.0 Å². The summed E-state index contributed by atoms with van der Waals surface area (Å²) in [6.07, 6.45) is 1.72. The van der Waals surface area contributed by atoms with Crippen LogP contribution < -0.4 is 15.5 Å². The van der Waals surface area contributed by atoms with Gasteiger partial charge in [0.2, 0.25) is 0 Å². The van der Waals surface area contributed by atoms with Gasteiger partial charge in [0.25, 0.3) is 5.91 Å². The standard InChI is InChI=1S/C24H21N3O2/c1-29-20-12-10-19(11-13-20)25-16-24(28)27-26-15-23-21-8-4-2-6-17(21)14-18-7-3-5-9-22(18)23/h2-15,25H,16H2,1H3,(H,27,28)/b26-15-. The molecule has 0 spiro atoms. The number of hydrogen-bond acceptors (Lipinski definition) is 4. The van der Waals surface area contributed by atoms with Crippen LogP contribution in [-0.2, 0) is 4.79 Å². The van der Waals surface area contributed by atoms with Crippen molar-refractivity contribution in [2.45, 2.75) is 0 Å². The maximum atomic E-state index is 12.1. The highest BCUT2D eigenvalue weighted by Gasteiger charge is 2.06. The maximum absolute atomic E-state index is 12.1. The third-order valence-corrected chi connectivity index (χ3v) is 4.74. The van der Waals surface area contributed by atoms with Crippen molar-refractivity contribution in [1.82, 2.24) is 5.43 Å². The van der Waals surface area contributed by atoms with Gasteiger partial charge in [0.1, 0.15) is 5.75 Å². The number of anilines is 1. The molecule has 0 aromatic heterocycles. The van der Waals surface area contributed by atoms with Crippen LogP contribution in [0.4, 0.5) is 5.69 Å². The maximum Gasteiger partial charge on any atom is 0.259 e. The summed E-state index contributed by atoms with van der Waals surface area (Å²) in [5, 5.41) is 11.7. The van der Waals surface area contributed by atoms with E-state index in [0.717, 1.165) is 38.5 Å². The number of nitrogens with zero attached hydrogens (tertiary/aromatic N) is 1. The largest absolute Gasteiger partial charge is 0.497 e. The van der Waals surface area contributed by atoms with Crippen LogP contribution in [0.1, 0.15) is 5.56 Å². The normalized spacial score (nSPS) is 11.1. The van der Waals surface area contributed by atoms with Gasteiger partial charge in [-0.05, 0) is 51.9 Å². The Morgan fingerprint density at radius 1 is 0.931 bits per heavy atom. The zero-order chi connectivity index (χ0) is 20.1. The molecule has 0 unspecified atom stereocenters. The van der Waals surface area contributed by atoms with Gasteiger partial charge in [0, 0.05) is 11.3 Å². The minimum atomic E-state index is -0.221. The highest BCUT2D eigenvalue weighted by atomic mass is 16.5. The fourth-order valence-electron chi connectivity index (χ4n) is 3.29. The summed E-state index contributed by atoms with van der Waals surface area (Å²) in [6.45, 7) is 0.125. The zero-order valence-electron chi connectivity index (χ0n) is 16.1. The Morgan fingerprint density at radius 2 is 1.55 bits per heavy atom. The lowest BCUT2D eigenvalue weighted by atomic mass is 9.97. The predicted molar refractivity (Wildman–Crippen MR) is 119 cm³/mol. The van der Waals surface area contributed by atoms with E-state index in [-0.39, 0.29) is 12.5 Å². The van der Waals surface area contributed by atoms with Crippen molar-refractivity contribution in [2.24, 2.45) is 5.10 Å². The van der Waals surface area contributed by atoms with Crippen molar-refractivity contribution in [1.29, 1.82) is 0 Å². The smallest absolute Gasteiger partial charge is 0.259 e. The summed E-state index contributed by atoms with van der Waals surface area (Å²) >= 11 is 0. The van der Waals surface area contributed by atoms with E-state index >= 15 is 0 Å². The number of fused-ring (bicyclic) bond motifs is 2. The van der Waals surface area contributed by atoms with Crippen LogP contribution in [0.3, 0.4) is 0 Å². The molecule has 0 aliphatic carbocycles. The molecular formula is C24H21N3O2. The summed E-state index contributed by atoms with van der Waals surface area (Å²) in [5.74, 6) is 0.550. The lowest BCUT2D eigenvalue weighted by Gasteiger charge is -2.08. The van der Waals surface area contributed by atoms with E-state index in [1.807, 2.05) is 48.5 Å². The highest BCUT2D eigenvalue weighted by molar-refractivity contribution is 6.13. The molecule has 5 nitrogen and oxygen atoms in total. The molecule has 0 aliphatic rings. The number of nitrogens with one attached hydrogen (secondary N) is 2. The molecule has 4 aromatic carbocycles. The first-order valence-corrected chi connectivity index (χ1v) is 9.35. The first-order valence-electron chi connectivity index (χ1n) is 9.35. The number of amides is 1. The molecule has 0 heterocycles. The molecule has 0 bridgehead atoms. The van der Waals surface area contributed by atoms with Gasteiger partial charge in [0.05, 0.1) is 19.9 Å². The van der Waals surface area contributed by atoms with Gasteiger partial charge in [-0.25, -0.2) is 5.43 Å². The molecule has 144 valence electrons. The van der Waals surface area contributed by atoms with Crippen molar-refractivity contribution < 1.29 is 9.53 Å². The van der Waals surface area contributed by atoms with E-state index in [1.165, 1.54) is 0 Å². The van der Waals surface area contributed by atoms with E-state index in [4.69, 9.17) is 4.74 Å². The van der Waals surface area contributed by atoms with Gasteiger partial charge in [-0.3, -0.25) is 4.79 Å². The van der Waals surface area contributed by atoms with E-state index in [2.05, 4.69) is 46.2 Å². The molecule has 0 saturated heterocycles. The quantitative estimate of drug-likeness (QED) is 0.291. The van der Waals surface area contributed by atoms with Gasteiger partial charge in [-0.15, -0.1) is 0 Å². The van der Waals surface area contributed by atoms with E-state index in [1.54, 1.807) is 13.3 Å². The molecule has 2 N–H and O–H groups in total. The lowest BCUT2D eigenvalue weighted by molar-refractivity contribution is -0.119. The molecule has 29 heavy (non-hydrogen) atoms. The number of ether oxygens (including phenoxy) is 1. The van der Waals surface area contributed by atoms with Crippen molar-refractivity contribution in [3.63, 3.8) is 0 Å². The third-order valence-electron chi connectivity index (χ3n) is 4.74. The molecule has 5 heteroatoms. The molecule has 0 aliphatic heterocycles. The van der Waals surface area contributed by atoms with Crippen molar-refractivity contribution in [3.8, 4) is 5.75 Å². The summed E-state index contributed by atoms with van der Waals surface area (Å²) in [4.78, 5) is 12.1. The predicted octanol–water partition coefficient (Wildman–Crippen LogP) is 4.56. The zero-order valence-corrected chi connectivity index (χ0v) is 16.1. The first kappa shape index (κ1) is 18.5. The van der Waals surface area contributed by atoms with Crippen LogP contribution in [-0.4, -0.2) is 25.8 Å². The number of carbonyl (C=O) groups is 1. The number of methoxy groups -OCH3 is 1. The van der Waals surface area contributed by atoms with E-state index in [9.17, 15) is 4.79 Å². The van der Waals surface area contributed by atoms with Crippen molar-refractivity contribution in [3.05, 3.63) is 84.4 Å². The highest BCUT2D eigenvalue weighted by Crippen LogP contribution is 2.27. The van der Waals surface area contributed by atoms with Crippen LogP contribution in [0.2, 0.25) is 0 Å². The third kappa shape index (κ3) is 4.19. The summed E-state index contributed by atoms with van der Waals surface area (Å²) in [6, 6.07) is 25.9. The fraction of sp³-hybridized carbons (Fsp3) is 0.0833. The van der Waals surface area contributed by atoms with E-state index in [0.29, 0.717) is 0 Å². The second-order valence-electron chi connectivity index (χ2n) is 6.61. The topological polar surface area (TPSA) is 62.7 Å². The van der Waals surface area contributed by atoms with E-state index < -0.39 is 0 Å². The summed E-state index contributed by atoms with van der Waals surface area (Å²) in [5.41, 5.74) is 4.42. The molecule has 1 amide bonds. The number of benzene rings is 4. The molecule has 4 rings (SSSR count). The minimum absolute atomic E-state index is 0.125. The summed E-state index contributed by atoms with van der Waals surface area (Å²) < 4.78 is 5.12. The van der Waals surface area contributed by atoms with Crippen LogP contribution in [0, 0.1) is 0 Å². The number of rotatable bonds is 6. The van der Waals surface area contributed by atoms with Crippen LogP contribution in [0.25, 0.3) is 21.5 Å². The Bertz CT molecular complexity index is 1130. The molecule has 0 radical (unpaired) electrons. The Kier molecular flexibility index (Phi) is 5.38. The summed E-state index contributed by atoms with van der Waals surface area (Å²) in [7, 11) is 1.62. The molecular weight excluding hydrogens is 362 g/mol. The van der Waals surface area contributed by atoms with Gasteiger partial charge < -0.3 is 10.1 Å². The van der Waals surface area contributed by atoms with Gasteiger partial charge in [-0.1, -0.05) is 48.5 Å². The Labute approximate surface area is 169 Å². The fourth-order valence-corrected chi connectivity index (χ4v) is 3.29. The second kappa shape index (κ2) is 8.44. The monoisotopic (exact) mass is 383 g/mol. The van der Waals surface area contributed by atoms with Crippen LogP contribution in [0.5, 0.6) is 5.75 Å². The number of hydrogen-bond donors (Lipinski definition) is 2. The molecule has 4 aromatic rings. The lowest BCUT2D eigenvalue weighted by Crippen LogP contribution is -2.25. The molecule has 0 saturated carbocycles. The van der Waals surface area contributed by atoms with Crippen molar-refractivity contribution >= 4 is 39.4 Å². The Balaban J connectivity index is 1.48. The average molecular weight is 383 g/mol. The number of carbonyl (C=O) groups excluding carboxylic acids is 1. The van der Waals surface area contributed by atoms with Gasteiger partial charge in [0.15, 0.2) is 0 Å². The Hall–Kier alpha value is -3.86.